The topological polar surface area (TPSA) is 59.0 Å². The summed E-state index contributed by atoms with van der Waals surface area (Å²) in [6, 6.07) is 26.2. The molecule has 6 rings (SSSR count). The van der Waals surface area contributed by atoms with Crippen molar-refractivity contribution in [2.75, 3.05) is 6.54 Å². The van der Waals surface area contributed by atoms with Crippen molar-refractivity contribution in [3.8, 4) is 11.4 Å². The Balaban J connectivity index is 1.17. The Morgan fingerprint density at radius 3 is 2.38 bits per heavy atom. The Labute approximate surface area is 229 Å². The lowest BCUT2D eigenvalue weighted by molar-refractivity contribution is 0.0731. The second-order valence-corrected chi connectivity index (χ2v) is 10.3. The normalized spacial score (nSPS) is 13.2. The second-order valence-electron chi connectivity index (χ2n) is 9.07. The lowest BCUT2D eigenvalue weighted by Crippen LogP contribution is -2.36. The van der Waals surface area contributed by atoms with Crippen molar-refractivity contribution >= 4 is 51.6 Å². The summed E-state index contributed by atoms with van der Waals surface area (Å²) >= 11 is 2.30. The van der Waals surface area contributed by atoms with Gasteiger partial charge in [-0.3, -0.25) is 9.78 Å². The number of rotatable bonds is 4. The van der Waals surface area contributed by atoms with Crippen LogP contribution in [0, 0.1) is 3.57 Å². The van der Waals surface area contributed by atoms with Gasteiger partial charge in [-0.25, -0.2) is 9.97 Å². The molecule has 5 nitrogen and oxygen atoms in total. The molecule has 1 aliphatic heterocycles. The van der Waals surface area contributed by atoms with Crippen molar-refractivity contribution in [2.24, 2.45) is 0 Å². The average molecular weight is 594 g/mol. The summed E-state index contributed by atoms with van der Waals surface area (Å²) in [4.78, 5) is 29.1. The Bertz CT molecular complexity index is 1630. The van der Waals surface area contributed by atoms with Gasteiger partial charge in [-0.05, 0) is 82.1 Å². The molecule has 3 heterocycles. The van der Waals surface area contributed by atoms with Crippen molar-refractivity contribution in [2.45, 2.75) is 13.0 Å². The van der Waals surface area contributed by atoms with Gasteiger partial charge in [-0.1, -0.05) is 54.6 Å². The monoisotopic (exact) mass is 594 g/mol. The average Bonchev–Trinajstić information content (AvgIpc) is 2.96. The van der Waals surface area contributed by atoms with Gasteiger partial charge in [0.2, 0.25) is 0 Å². The molecule has 0 saturated carbocycles. The van der Waals surface area contributed by atoms with E-state index in [1.165, 1.54) is 3.57 Å². The predicted octanol–water partition coefficient (Wildman–Crippen LogP) is 6.67. The quantitative estimate of drug-likeness (QED) is 0.172. The fourth-order valence-corrected chi connectivity index (χ4v) is 4.85. The van der Waals surface area contributed by atoms with E-state index in [9.17, 15) is 4.79 Å². The molecule has 5 aromatic rings. The van der Waals surface area contributed by atoms with Crippen LogP contribution in [-0.4, -0.2) is 32.3 Å². The molecular formula is C31H23IN4O. The van der Waals surface area contributed by atoms with Crippen molar-refractivity contribution in [3.05, 3.63) is 123 Å². The number of para-hydroxylation sites is 1. The number of pyridine rings is 1. The number of nitrogens with zero attached hydrogens (tertiary/aromatic N) is 4. The minimum atomic E-state index is 0.0198. The van der Waals surface area contributed by atoms with Crippen molar-refractivity contribution in [3.63, 3.8) is 0 Å². The van der Waals surface area contributed by atoms with E-state index in [4.69, 9.17) is 4.98 Å². The summed E-state index contributed by atoms with van der Waals surface area (Å²) < 4.78 is 1.21. The summed E-state index contributed by atoms with van der Waals surface area (Å²) in [5.74, 6) is 0.655. The van der Waals surface area contributed by atoms with Crippen LogP contribution in [0.1, 0.15) is 32.7 Å². The van der Waals surface area contributed by atoms with Gasteiger partial charge >= 0.3 is 0 Å². The van der Waals surface area contributed by atoms with E-state index < -0.39 is 0 Å². The first-order chi connectivity index (χ1) is 18.1. The number of halogens is 1. The van der Waals surface area contributed by atoms with Crippen molar-refractivity contribution in [1.29, 1.82) is 0 Å². The largest absolute Gasteiger partial charge is 0.332 e. The smallest absolute Gasteiger partial charge is 0.254 e. The van der Waals surface area contributed by atoms with Crippen LogP contribution >= 0.6 is 22.6 Å². The zero-order valence-electron chi connectivity index (χ0n) is 20.0. The summed E-state index contributed by atoms with van der Waals surface area (Å²) in [7, 11) is 0. The van der Waals surface area contributed by atoms with Crippen molar-refractivity contribution in [1.82, 2.24) is 19.9 Å². The van der Waals surface area contributed by atoms with Crippen LogP contribution in [0.25, 0.3) is 34.4 Å². The maximum absolute atomic E-state index is 13.3. The summed E-state index contributed by atoms with van der Waals surface area (Å²) in [6.07, 6.45) is 8.59. The zero-order valence-corrected chi connectivity index (χ0v) is 22.2. The van der Waals surface area contributed by atoms with Gasteiger partial charge in [0.25, 0.3) is 5.91 Å². The first-order valence-electron chi connectivity index (χ1n) is 12.2. The number of amides is 1. The summed E-state index contributed by atoms with van der Waals surface area (Å²) in [5, 5.41) is 1.05. The second kappa shape index (κ2) is 10.2. The molecule has 2 aromatic heterocycles. The van der Waals surface area contributed by atoms with Gasteiger partial charge in [0.05, 0.1) is 17.8 Å². The molecule has 0 N–H and O–H groups in total. The van der Waals surface area contributed by atoms with Gasteiger partial charge in [0.1, 0.15) is 0 Å². The molecule has 0 fully saturated rings. The SMILES string of the molecule is O=C(c1ccc(/C=C/c2ccc(I)cc2)cc1)N1CCc2cnc(-c3cnc4ccccc4c3)nc2C1. The fraction of sp³-hybridized carbons (Fsp3) is 0.0968. The molecular weight excluding hydrogens is 571 g/mol. The number of hydrogen-bond donors (Lipinski definition) is 0. The first-order valence-corrected chi connectivity index (χ1v) is 13.2. The van der Waals surface area contributed by atoms with Gasteiger partial charge in [-0.2, -0.15) is 0 Å². The number of carbonyl (C=O) groups excluding carboxylic acids is 1. The van der Waals surface area contributed by atoms with Crippen LogP contribution in [0.15, 0.2) is 91.3 Å². The van der Waals surface area contributed by atoms with E-state index in [1.807, 2.05) is 65.8 Å². The van der Waals surface area contributed by atoms with Crippen LogP contribution in [0.5, 0.6) is 0 Å². The zero-order chi connectivity index (χ0) is 25.2. The maximum Gasteiger partial charge on any atom is 0.254 e. The molecule has 0 unspecified atom stereocenters. The van der Waals surface area contributed by atoms with E-state index in [1.54, 1.807) is 0 Å². The highest BCUT2D eigenvalue weighted by atomic mass is 127. The van der Waals surface area contributed by atoms with E-state index in [2.05, 4.69) is 75.0 Å². The molecule has 1 amide bonds. The number of hydrogen-bond acceptors (Lipinski definition) is 4. The number of benzene rings is 3. The predicted molar refractivity (Wildman–Crippen MR) is 156 cm³/mol. The Morgan fingerprint density at radius 2 is 1.59 bits per heavy atom. The number of fused-ring (bicyclic) bond motifs is 2. The van der Waals surface area contributed by atoms with Crippen LogP contribution < -0.4 is 0 Å². The van der Waals surface area contributed by atoms with Crippen LogP contribution in [0.3, 0.4) is 0 Å². The summed E-state index contributed by atoms with van der Waals surface area (Å²) in [6.45, 7) is 1.12. The molecule has 1 aliphatic rings. The third-order valence-electron chi connectivity index (χ3n) is 6.58. The first kappa shape index (κ1) is 23.5. The van der Waals surface area contributed by atoms with Crippen LogP contribution in [0.2, 0.25) is 0 Å². The molecule has 180 valence electrons. The molecule has 0 saturated heterocycles. The molecule has 6 heteroatoms. The van der Waals surface area contributed by atoms with Gasteiger partial charge in [-0.15, -0.1) is 0 Å². The number of aromatic nitrogens is 3. The van der Waals surface area contributed by atoms with Crippen LogP contribution in [-0.2, 0) is 13.0 Å². The standard InChI is InChI=1S/C31H23IN4O/c32-27-13-9-22(10-14-27)6-5-21-7-11-23(12-8-21)31(37)36-16-15-25-18-34-30(35-29(25)20-36)26-17-24-3-1-2-4-28(24)33-19-26/h1-14,17-19H,15-16,20H2/b6-5+. The molecule has 0 radical (unpaired) electrons. The van der Waals surface area contributed by atoms with E-state index >= 15 is 0 Å². The maximum atomic E-state index is 13.3. The van der Waals surface area contributed by atoms with Gasteiger partial charge in [0, 0.05) is 39.0 Å². The van der Waals surface area contributed by atoms with Crippen molar-refractivity contribution < 1.29 is 4.79 Å². The third-order valence-corrected chi connectivity index (χ3v) is 7.30. The highest BCUT2D eigenvalue weighted by molar-refractivity contribution is 14.1. The molecule has 0 atom stereocenters. The van der Waals surface area contributed by atoms with E-state index in [0.717, 1.165) is 45.3 Å². The third kappa shape index (κ3) is 5.15. The molecule has 0 bridgehead atoms. The molecule has 37 heavy (non-hydrogen) atoms. The van der Waals surface area contributed by atoms with Gasteiger partial charge in [0.15, 0.2) is 5.82 Å². The number of carbonyl (C=O) groups is 1. The van der Waals surface area contributed by atoms with E-state index in [0.29, 0.717) is 24.5 Å². The minimum absolute atomic E-state index is 0.0198. The highest BCUT2D eigenvalue weighted by Crippen LogP contribution is 2.24. The Morgan fingerprint density at radius 1 is 0.865 bits per heavy atom. The lowest BCUT2D eigenvalue weighted by atomic mass is 10.0. The minimum Gasteiger partial charge on any atom is -0.332 e. The van der Waals surface area contributed by atoms with E-state index in [-0.39, 0.29) is 5.91 Å². The Hall–Kier alpha value is -3.91. The molecule has 3 aromatic carbocycles. The van der Waals surface area contributed by atoms with Crippen LogP contribution in [0.4, 0.5) is 0 Å². The molecule has 0 aliphatic carbocycles. The molecule has 0 spiro atoms. The summed E-state index contributed by atoms with van der Waals surface area (Å²) in [5.41, 5.74) is 6.69. The Kier molecular flexibility index (Phi) is 6.49. The lowest BCUT2D eigenvalue weighted by Gasteiger charge is -2.28. The van der Waals surface area contributed by atoms with Gasteiger partial charge < -0.3 is 4.90 Å². The highest BCUT2D eigenvalue weighted by Gasteiger charge is 2.23. The fourth-order valence-electron chi connectivity index (χ4n) is 4.49.